The second-order valence-corrected chi connectivity index (χ2v) is 5.94. The lowest BCUT2D eigenvalue weighted by molar-refractivity contribution is -0.274. The van der Waals surface area contributed by atoms with Gasteiger partial charge in [0.1, 0.15) is 5.75 Å². The lowest BCUT2D eigenvalue weighted by Gasteiger charge is -2.12. The molecular formula is C19H17F3N2O5. The van der Waals surface area contributed by atoms with E-state index in [0.29, 0.717) is 28.5 Å². The van der Waals surface area contributed by atoms with Crippen LogP contribution in [0, 0.1) is 0 Å². The summed E-state index contributed by atoms with van der Waals surface area (Å²) in [5.41, 5.74) is 1.44. The highest BCUT2D eigenvalue weighted by Crippen LogP contribution is 2.33. The molecule has 0 bridgehead atoms. The van der Waals surface area contributed by atoms with Gasteiger partial charge in [-0.15, -0.1) is 13.2 Å². The molecule has 0 saturated heterocycles. The van der Waals surface area contributed by atoms with Crippen molar-refractivity contribution in [3.05, 3.63) is 48.0 Å². The zero-order valence-corrected chi connectivity index (χ0v) is 15.4. The fraction of sp³-hybridized carbons (Fsp3) is 0.263. The lowest BCUT2D eigenvalue weighted by Crippen LogP contribution is -2.28. The van der Waals surface area contributed by atoms with Crippen LogP contribution in [-0.4, -0.2) is 38.3 Å². The maximum Gasteiger partial charge on any atom is 0.573 e. The fourth-order valence-corrected chi connectivity index (χ4v) is 2.75. The quantitative estimate of drug-likeness (QED) is 0.785. The highest BCUT2D eigenvalue weighted by Gasteiger charge is 2.32. The first kappa shape index (κ1) is 20.3. The standard InChI is InChI=1S/C19H17F3N2O5/c1-26-15-5-3-4-13(17(15)27-2)14-10-16(29-24-14)18(25)23-11-6-8-12(9-7-11)28-19(20,21)22/h3-9,16H,10H2,1-2H3,(H,23,25). The van der Waals surface area contributed by atoms with Crippen LogP contribution >= 0.6 is 0 Å². The van der Waals surface area contributed by atoms with Crippen LogP contribution in [-0.2, 0) is 9.63 Å². The number of nitrogens with one attached hydrogen (secondary N) is 1. The molecule has 0 saturated carbocycles. The third-order valence-corrected chi connectivity index (χ3v) is 4.03. The van der Waals surface area contributed by atoms with Crippen molar-refractivity contribution >= 4 is 17.3 Å². The topological polar surface area (TPSA) is 78.4 Å². The molecule has 2 aromatic carbocycles. The number of hydrogen-bond donors (Lipinski definition) is 1. The van der Waals surface area contributed by atoms with Crippen LogP contribution in [0.5, 0.6) is 17.2 Å². The number of nitrogens with zero attached hydrogens (tertiary/aromatic N) is 1. The fourth-order valence-electron chi connectivity index (χ4n) is 2.75. The number of halogens is 3. The molecule has 1 unspecified atom stereocenters. The molecule has 1 N–H and O–H groups in total. The number of rotatable bonds is 6. The van der Waals surface area contributed by atoms with Gasteiger partial charge in [0.2, 0.25) is 6.10 Å². The SMILES string of the molecule is COc1cccc(C2=NOC(C(=O)Nc3ccc(OC(F)(F)F)cc3)C2)c1OC. The summed E-state index contributed by atoms with van der Waals surface area (Å²) in [5.74, 6) is 0.110. The van der Waals surface area contributed by atoms with Gasteiger partial charge in [-0.1, -0.05) is 11.2 Å². The second kappa shape index (κ2) is 8.29. The first-order valence-corrected chi connectivity index (χ1v) is 8.41. The van der Waals surface area contributed by atoms with E-state index in [0.717, 1.165) is 12.1 Å². The van der Waals surface area contributed by atoms with Gasteiger partial charge in [-0.2, -0.15) is 0 Å². The Hall–Kier alpha value is -3.43. The van der Waals surface area contributed by atoms with E-state index in [2.05, 4.69) is 15.2 Å². The molecule has 0 spiro atoms. The maximum absolute atomic E-state index is 12.4. The van der Waals surface area contributed by atoms with Gasteiger partial charge in [-0.3, -0.25) is 4.79 Å². The molecule has 1 atom stereocenters. The Morgan fingerprint density at radius 2 is 1.86 bits per heavy atom. The summed E-state index contributed by atoms with van der Waals surface area (Å²) >= 11 is 0. The molecule has 7 nitrogen and oxygen atoms in total. The minimum Gasteiger partial charge on any atom is -0.493 e. The van der Waals surface area contributed by atoms with Crippen molar-refractivity contribution in [1.29, 1.82) is 0 Å². The van der Waals surface area contributed by atoms with Crippen molar-refractivity contribution in [2.75, 3.05) is 19.5 Å². The molecule has 1 heterocycles. The minimum atomic E-state index is -4.78. The van der Waals surface area contributed by atoms with Gasteiger partial charge in [-0.25, -0.2) is 0 Å². The molecule has 0 radical (unpaired) electrons. The Labute approximate surface area is 164 Å². The Balaban J connectivity index is 1.64. The van der Waals surface area contributed by atoms with Crippen molar-refractivity contribution in [3.63, 3.8) is 0 Å². The van der Waals surface area contributed by atoms with Crippen LogP contribution in [0.2, 0.25) is 0 Å². The summed E-state index contributed by atoms with van der Waals surface area (Å²) in [6.45, 7) is 0. The van der Waals surface area contributed by atoms with Crippen molar-refractivity contribution < 1.29 is 37.0 Å². The normalized spacial score (nSPS) is 15.9. The van der Waals surface area contributed by atoms with Gasteiger partial charge >= 0.3 is 6.36 Å². The summed E-state index contributed by atoms with van der Waals surface area (Å²) in [7, 11) is 3.00. The monoisotopic (exact) mass is 410 g/mol. The van der Waals surface area contributed by atoms with E-state index >= 15 is 0 Å². The van der Waals surface area contributed by atoms with Crippen molar-refractivity contribution in [2.24, 2.45) is 5.16 Å². The number of oxime groups is 1. The Bertz CT molecular complexity index is 913. The first-order chi connectivity index (χ1) is 13.8. The number of ether oxygens (including phenoxy) is 3. The molecular weight excluding hydrogens is 393 g/mol. The van der Waals surface area contributed by atoms with Crippen LogP contribution in [0.3, 0.4) is 0 Å². The van der Waals surface area contributed by atoms with Crippen molar-refractivity contribution in [3.8, 4) is 17.2 Å². The molecule has 1 amide bonds. The molecule has 1 aliphatic heterocycles. The summed E-state index contributed by atoms with van der Waals surface area (Å²) in [6.07, 6.45) is -5.49. The second-order valence-electron chi connectivity index (χ2n) is 5.94. The van der Waals surface area contributed by atoms with Gasteiger partial charge in [-0.05, 0) is 36.4 Å². The number of methoxy groups -OCH3 is 2. The van der Waals surface area contributed by atoms with E-state index in [4.69, 9.17) is 14.3 Å². The van der Waals surface area contributed by atoms with Gasteiger partial charge < -0.3 is 24.4 Å². The molecule has 0 aromatic heterocycles. The summed E-state index contributed by atoms with van der Waals surface area (Å²) in [5, 5.41) is 6.53. The smallest absolute Gasteiger partial charge is 0.493 e. The predicted molar refractivity (Wildman–Crippen MR) is 97.3 cm³/mol. The van der Waals surface area contributed by atoms with Crippen LogP contribution in [0.1, 0.15) is 12.0 Å². The molecule has 10 heteroatoms. The zero-order valence-electron chi connectivity index (χ0n) is 15.4. The predicted octanol–water partition coefficient (Wildman–Crippen LogP) is 3.73. The number of amides is 1. The number of para-hydroxylation sites is 1. The largest absolute Gasteiger partial charge is 0.573 e. The van der Waals surface area contributed by atoms with Crippen LogP contribution in [0.25, 0.3) is 0 Å². The summed E-state index contributed by atoms with van der Waals surface area (Å²) in [6, 6.07) is 10.0. The van der Waals surface area contributed by atoms with Gasteiger partial charge in [0.05, 0.1) is 19.9 Å². The van der Waals surface area contributed by atoms with Gasteiger partial charge in [0.25, 0.3) is 5.91 Å². The Morgan fingerprint density at radius 3 is 2.48 bits per heavy atom. The van der Waals surface area contributed by atoms with Crippen LogP contribution < -0.4 is 19.5 Å². The molecule has 1 aliphatic rings. The van der Waals surface area contributed by atoms with Crippen LogP contribution in [0.15, 0.2) is 47.6 Å². The number of carbonyl (C=O) groups is 1. The van der Waals surface area contributed by atoms with E-state index in [1.54, 1.807) is 18.2 Å². The number of benzene rings is 2. The van der Waals surface area contributed by atoms with Gasteiger partial charge in [0, 0.05) is 17.7 Å². The average Bonchev–Trinajstić information content (AvgIpc) is 3.18. The Morgan fingerprint density at radius 1 is 1.14 bits per heavy atom. The molecule has 29 heavy (non-hydrogen) atoms. The molecule has 0 aliphatic carbocycles. The number of alkyl halides is 3. The zero-order chi connectivity index (χ0) is 21.0. The first-order valence-electron chi connectivity index (χ1n) is 8.41. The van der Waals surface area contributed by atoms with Crippen LogP contribution in [0.4, 0.5) is 18.9 Å². The van der Waals surface area contributed by atoms with E-state index in [1.165, 1.54) is 26.4 Å². The third kappa shape index (κ3) is 4.89. The lowest BCUT2D eigenvalue weighted by atomic mass is 10.0. The summed E-state index contributed by atoms with van der Waals surface area (Å²) in [4.78, 5) is 17.6. The average molecular weight is 410 g/mol. The number of hydrogen-bond acceptors (Lipinski definition) is 6. The number of carbonyl (C=O) groups excluding carboxylic acids is 1. The third-order valence-electron chi connectivity index (χ3n) is 4.03. The summed E-state index contributed by atoms with van der Waals surface area (Å²) < 4.78 is 51.0. The minimum absolute atomic E-state index is 0.185. The van der Waals surface area contributed by atoms with E-state index in [-0.39, 0.29) is 12.2 Å². The van der Waals surface area contributed by atoms with E-state index in [9.17, 15) is 18.0 Å². The van der Waals surface area contributed by atoms with E-state index < -0.39 is 18.4 Å². The Kier molecular flexibility index (Phi) is 5.81. The molecule has 2 aromatic rings. The highest BCUT2D eigenvalue weighted by molar-refractivity contribution is 6.08. The molecule has 3 rings (SSSR count). The van der Waals surface area contributed by atoms with Crippen molar-refractivity contribution in [2.45, 2.75) is 18.9 Å². The van der Waals surface area contributed by atoms with Gasteiger partial charge in [0.15, 0.2) is 11.5 Å². The highest BCUT2D eigenvalue weighted by atomic mass is 19.4. The van der Waals surface area contributed by atoms with Crippen molar-refractivity contribution in [1.82, 2.24) is 0 Å². The maximum atomic E-state index is 12.4. The van der Waals surface area contributed by atoms with E-state index in [1.807, 2.05) is 0 Å². The molecule has 154 valence electrons. The number of anilines is 1. The molecule has 0 fully saturated rings.